The molecule has 0 fully saturated rings. The molecule has 0 aromatic carbocycles. The Kier molecular flexibility index (Phi) is 4.76. The number of carbonyl (C=O) groups is 2. The van der Waals surface area contributed by atoms with Crippen LogP contribution in [0.15, 0.2) is 11.8 Å². The first-order valence-electron chi connectivity index (χ1n) is 6.16. The smallest absolute Gasteiger partial charge is 0.408 e. The van der Waals surface area contributed by atoms with E-state index in [1.54, 1.807) is 33.8 Å². The molecule has 0 radical (unpaired) electrons. The minimum atomic E-state index is -0.649. The lowest BCUT2D eigenvalue weighted by atomic mass is 10.1. The fourth-order valence-electron chi connectivity index (χ4n) is 1.49. The third kappa shape index (κ3) is 4.77. The summed E-state index contributed by atoms with van der Waals surface area (Å²) >= 11 is 0. The number of Topliss-reactive ketones (excluding diaryl/α,β-unsaturated/α-hetero) is 1. The van der Waals surface area contributed by atoms with Crippen LogP contribution >= 0.6 is 0 Å². The average molecular weight is 255 g/mol. The van der Waals surface area contributed by atoms with Crippen molar-refractivity contribution in [2.45, 2.75) is 52.2 Å². The molecule has 0 bridgehead atoms. The lowest BCUT2D eigenvalue weighted by Gasteiger charge is -2.22. The van der Waals surface area contributed by atoms with Crippen LogP contribution in [-0.2, 0) is 14.3 Å². The Bertz CT molecular complexity index is 354. The second kappa shape index (κ2) is 5.89. The van der Waals surface area contributed by atoms with Crippen LogP contribution in [0.1, 0.15) is 40.5 Å². The van der Waals surface area contributed by atoms with Crippen molar-refractivity contribution in [3.63, 3.8) is 0 Å². The predicted octanol–water partition coefficient (Wildman–Crippen LogP) is 2.16. The lowest BCUT2D eigenvalue weighted by Crippen LogP contribution is -2.42. The summed E-state index contributed by atoms with van der Waals surface area (Å²) in [5.41, 5.74) is -0.576. The van der Waals surface area contributed by atoms with Crippen LogP contribution in [0.25, 0.3) is 0 Å². The number of allylic oxidation sites excluding steroid dienone is 1. The monoisotopic (exact) mass is 255 g/mol. The molecule has 1 amide bonds. The number of hydrogen-bond acceptors (Lipinski definition) is 4. The number of amides is 1. The Morgan fingerprint density at radius 1 is 1.44 bits per heavy atom. The lowest BCUT2D eigenvalue weighted by molar-refractivity contribution is -0.120. The van der Waals surface area contributed by atoms with Gasteiger partial charge < -0.3 is 14.8 Å². The number of hydrogen-bond donors (Lipinski definition) is 1. The van der Waals surface area contributed by atoms with E-state index in [-0.39, 0.29) is 5.78 Å². The molecule has 1 rings (SSSR count). The van der Waals surface area contributed by atoms with E-state index in [2.05, 4.69) is 5.32 Å². The first kappa shape index (κ1) is 14.5. The summed E-state index contributed by atoms with van der Waals surface area (Å²) in [5.74, 6) is 0.116. The molecule has 5 heteroatoms. The number of rotatable bonds is 3. The molecule has 0 aliphatic carbocycles. The Balaban J connectivity index is 2.49. The normalized spacial score (nSPS) is 17.2. The molecule has 102 valence electrons. The van der Waals surface area contributed by atoms with Crippen LogP contribution in [0.2, 0.25) is 0 Å². The summed E-state index contributed by atoms with van der Waals surface area (Å²) in [6.07, 6.45) is 2.92. The molecule has 18 heavy (non-hydrogen) atoms. The van der Waals surface area contributed by atoms with Crippen LogP contribution in [0.3, 0.4) is 0 Å². The molecule has 0 aromatic heterocycles. The molecule has 5 nitrogen and oxygen atoms in total. The number of ketones is 1. The van der Waals surface area contributed by atoms with Crippen molar-refractivity contribution in [3.05, 3.63) is 11.8 Å². The Morgan fingerprint density at radius 2 is 2.11 bits per heavy atom. The van der Waals surface area contributed by atoms with Crippen molar-refractivity contribution < 1.29 is 19.1 Å². The van der Waals surface area contributed by atoms with E-state index < -0.39 is 17.7 Å². The minimum Gasteiger partial charge on any atom is -0.490 e. The van der Waals surface area contributed by atoms with Crippen molar-refractivity contribution in [1.82, 2.24) is 5.32 Å². The first-order chi connectivity index (χ1) is 8.29. The van der Waals surface area contributed by atoms with Crippen molar-refractivity contribution in [3.8, 4) is 0 Å². The van der Waals surface area contributed by atoms with Crippen LogP contribution in [0, 0.1) is 0 Å². The highest BCUT2D eigenvalue weighted by atomic mass is 16.6. The summed E-state index contributed by atoms with van der Waals surface area (Å²) in [7, 11) is 0. The minimum absolute atomic E-state index is 0.222. The zero-order chi connectivity index (χ0) is 13.8. The van der Waals surface area contributed by atoms with Gasteiger partial charge in [0, 0.05) is 0 Å². The van der Waals surface area contributed by atoms with Gasteiger partial charge in [0.25, 0.3) is 0 Å². The summed E-state index contributed by atoms with van der Waals surface area (Å²) in [6, 6.07) is -0.649. The zero-order valence-electron chi connectivity index (χ0n) is 11.4. The van der Waals surface area contributed by atoms with E-state index in [9.17, 15) is 9.59 Å². The van der Waals surface area contributed by atoms with Gasteiger partial charge in [-0.2, -0.15) is 0 Å². The van der Waals surface area contributed by atoms with E-state index in [4.69, 9.17) is 9.47 Å². The van der Waals surface area contributed by atoms with Gasteiger partial charge in [-0.05, 0) is 46.6 Å². The summed E-state index contributed by atoms with van der Waals surface area (Å²) in [6.45, 7) is 7.48. The van der Waals surface area contributed by atoms with Gasteiger partial charge in [-0.3, -0.25) is 4.79 Å². The maximum Gasteiger partial charge on any atom is 0.408 e. The van der Waals surface area contributed by atoms with Gasteiger partial charge in [0.1, 0.15) is 5.60 Å². The molecular formula is C13H21NO4. The van der Waals surface area contributed by atoms with E-state index in [1.165, 1.54) is 0 Å². The molecule has 1 atom stereocenters. The van der Waals surface area contributed by atoms with Crippen molar-refractivity contribution in [1.29, 1.82) is 0 Å². The van der Waals surface area contributed by atoms with E-state index >= 15 is 0 Å². The van der Waals surface area contributed by atoms with Gasteiger partial charge in [-0.1, -0.05) is 0 Å². The highest BCUT2D eigenvalue weighted by Gasteiger charge is 2.24. The van der Waals surface area contributed by atoms with Crippen molar-refractivity contribution in [2.75, 3.05) is 6.61 Å². The molecule has 0 aromatic rings. The van der Waals surface area contributed by atoms with Gasteiger partial charge >= 0.3 is 6.09 Å². The Hall–Kier alpha value is -1.52. The maximum absolute atomic E-state index is 11.9. The number of alkyl carbamates (subject to hydrolysis) is 1. The second-order valence-electron chi connectivity index (χ2n) is 5.29. The zero-order valence-corrected chi connectivity index (χ0v) is 11.4. The van der Waals surface area contributed by atoms with Crippen molar-refractivity contribution >= 4 is 11.9 Å². The predicted molar refractivity (Wildman–Crippen MR) is 67.1 cm³/mol. The second-order valence-corrected chi connectivity index (χ2v) is 5.29. The highest BCUT2D eigenvalue weighted by molar-refractivity contribution is 5.99. The van der Waals surface area contributed by atoms with E-state index in [1.807, 2.05) is 0 Å². The Morgan fingerprint density at radius 3 is 2.61 bits per heavy atom. The maximum atomic E-state index is 11.9. The standard InChI is InChI=1S/C13H21NO4/c1-9(14-12(16)18-13(2,3)4)11(15)10-7-5-6-8-17-10/h7,9H,5-6,8H2,1-4H3,(H,14,16)/t9-/m0/s1. The fourth-order valence-corrected chi connectivity index (χ4v) is 1.49. The summed E-state index contributed by atoms with van der Waals surface area (Å²) in [4.78, 5) is 23.4. The SMILES string of the molecule is C[C@H](NC(=O)OC(C)(C)C)C(=O)C1=CCCCO1. The molecule has 0 saturated carbocycles. The van der Waals surface area contributed by atoms with Crippen LogP contribution in [-0.4, -0.2) is 30.1 Å². The van der Waals surface area contributed by atoms with Crippen LogP contribution in [0.5, 0.6) is 0 Å². The molecule has 1 heterocycles. The quantitative estimate of drug-likeness (QED) is 0.839. The van der Waals surface area contributed by atoms with E-state index in [0.717, 1.165) is 12.8 Å². The number of nitrogens with one attached hydrogen (secondary N) is 1. The first-order valence-corrected chi connectivity index (χ1v) is 6.16. The molecular weight excluding hydrogens is 234 g/mol. The van der Waals surface area contributed by atoms with E-state index in [0.29, 0.717) is 12.4 Å². The largest absolute Gasteiger partial charge is 0.490 e. The molecule has 0 spiro atoms. The van der Waals surface area contributed by atoms with Crippen LogP contribution in [0.4, 0.5) is 4.79 Å². The van der Waals surface area contributed by atoms with Gasteiger partial charge in [0.05, 0.1) is 12.6 Å². The number of carbonyl (C=O) groups excluding carboxylic acids is 2. The summed E-state index contributed by atoms with van der Waals surface area (Å²) in [5, 5.41) is 2.50. The third-order valence-corrected chi connectivity index (χ3v) is 2.31. The molecule has 0 unspecified atom stereocenters. The third-order valence-electron chi connectivity index (χ3n) is 2.31. The molecule has 0 saturated heterocycles. The van der Waals surface area contributed by atoms with Gasteiger partial charge in [-0.25, -0.2) is 4.79 Å². The summed E-state index contributed by atoms with van der Waals surface area (Å²) < 4.78 is 10.3. The van der Waals surface area contributed by atoms with Gasteiger partial charge in [0.2, 0.25) is 5.78 Å². The van der Waals surface area contributed by atoms with Gasteiger partial charge in [0.15, 0.2) is 5.76 Å². The van der Waals surface area contributed by atoms with Gasteiger partial charge in [-0.15, -0.1) is 0 Å². The molecule has 1 aliphatic heterocycles. The fraction of sp³-hybridized carbons (Fsp3) is 0.692. The average Bonchev–Trinajstić information content (AvgIpc) is 2.26. The Labute approximate surface area is 108 Å². The highest BCUT2D eigenvalue weighted by Crippen LogP contribution is 2.13. The van der Waals surface area contributed by atoms with Crippen LogP contribution < -0.4 is 5.32 Å². The molecule has 1 aliphatic rings. The molecule has 1 N–H and O–H groups in total. The number of ether oxygens (including phenoxy) is 2. The topological polar surface area (TPSA) is 64.6 Å². The van der Waals surface area contributed by atoms with Crippen molar-refractivity contribution in [2.24, 2.45) is 0 Å².